The average molecular weight is 369 g/mol. The van der Waals surface area contributed by atoms with Crippen LogP contribution in [0.4, 0.5) is 29.3 Å². The minimum atomic E-state index is -4.30. The lowest BCUT2D eigenvalue weighted by atomic mass is 9.88. The Kier molecular flexibility index (Phi) is 5.08. The van der Waals surface area contributed by atoms with Gasteiger partial charge in [0.15, 0.2) is 0 Å². The van der Waals surface area contributed by atoms with E-state index in [1.807, 2.05) is 18.2 Å². The van der Waals surface area contributed by atoms with Gasteiger partial charge in [-0.3, -0.25) is 0 Å². The summed E-state index contributed by atoms with van der Waals surface area (Å²) in [6.45, 7) is 5.06. The third-order valence-corrected chi connectivity index (χ3v) is 5.65. The number of amides is 2. The molecule has 26 heavy (non-hydrogen) atoms. The van der Waals surface area contributed by atoms with Gasteiger partial charge in [-0.2, -0.15) is 13.2 Å². The minimum absolute atomic E-state index is 0.0578. The summed E-state index contributed by atoms with van der Waals surface area (Å²) in [6, 6.07) is 7.06. The molecule has 0 saturated carbocycles. The monoisotopic (exact) mass is 369 g/mol. The van der Waals surface area contributed by atoms with Crippen LogP contribution in [0.3, 0.4) is 0 Å². The molecule has 4 nitrogen and oxygen atoms in total. The van der Waals surface area contributed by atoms with Crippen molar-refractivity contribution in [1.82, 2.24) is 4.90 Å². The van der Waals surface area contributed by atoms with Crippen LogP contribution in [0.15, 0.2) is 24.3 Å². The fourth-order valence-electron chi connectivity index (χ4n) is 4.14. The molecule has 0 radical (unpaired) electrons. The van der Waals surface area contributed by atoms with Crippen LogP contribution < -0.4 is 10.2 Å². The Labute approximate surface area is 152 Å². The van der Waals surface area contributed by atoms with E-state index < -0.39 is 23.7 Å². The molecule has 144 valence electrons. The summed E-state index contributed by atoms with van der Waals surface area (Å²) < 4.78 is 39.6. The first-order valence-corrected chi connectivity index (χ1v) is 9.20. The summed E-state index contributed by atoms with van der Waals surface area (Å²) in [5.74, 6) is -1.50. The molecular weight excluding hydrogens is 343 g/mol. The van der Waals surface area contributed by atoms with Crippen LogP contribution in [0.5, 0.6) is 0 Å². The summed E-state index contributed by atoms with van der Waals surface area (Å²) in [5.41, 5.74) is 0.396. The quantitative estimate of drug-likeness (QED) is 0.807. The molecule has 2 amide bonds. The summed E-state index contributed by atoms with van der Waals surface area (Å²) >= 11 is 0. The van der Waals surface area contributed by atoms with Crippen molar-refractivity contribution in [2.75, 3.05) is 29.9 Å². The zero-order valence-electron chi connectivity index (χ0n) is 15.3. The molecule has 2 heterocycles. The topological polar surface area (TPSA) is 35.6 Å². The fraction of sp³-hybridized carbons (Fsp3) is 0.632. The molecule has 2 aliphatic heterocycles. The molecule has 0 aliphatic carbocycles. The molecule has 7 heteroatoms. The van der Waals surface area contributed by atoms with Crippen LogP contribution in [-0.4, -0.2) is 42.3 Å². The van der Waals surface area contributed by atoms with E-state index in [2.05, 4.69) is 10.2 Å². The SMILES string of the molecule is CC1(C)[C@@H](C(F)(F)F)CCN1C(=O)Nc1cccc(N2CCCCC2)c1. The van der Waals surface area contributed by atoms with E-state index in [1.165, 1.54) is 25.2 Å². The van der Waals surface area contributed by atoms with E-state index in [0.717, 1.165) is 31.6 Å². The van der Waals surface area contributed by atoms with Crippen LogP contribution in [0.25, 0.3) is 0 Å². The van der Waals surface area contributed by atoms with Gasteiger partial charge >= 0.3 is 12.2 Å². The summed E-state index contributed by atoms with van der Waals surface area (Å²) in [7, 11) is 0. The fourth-order valence-corrected chi connectivity index (χ4v) is 4.14. The molecule has 1 aromatic rings. The highest BCUT2D eigenvalue weighted by Gasteiger charge is 2.56. The number of carbonyl (C=O) groups is 1. The number of alkyl halides is 3. The van der Waals surface area contributed by atoms with E-state index in [-0.39, 0.29) is 13.0 Å². The van der Waals surface area contributed by atoms with Crippen molar-refractivity contribution in [3.05, 3.63) is 24.3 Å². The summed E-state index contributed by atoms with van der Waals surface area (Å²) in [4.78, 5) is 16.2. The van der Waals surface area contributed by atoms with Gasteiger partial charge in [0.1, 0.15) is 0 Å². The molecule has 0 spiro atoms. The standard InChI is InChI=1S/C19H26F3N3O/c1-18(2)16(19(20,21)22)9-12-25(18)17(26)23-14-7-6-8-15(13-14)24-10-4-3-5-11-24/h6-8,13,16H,3-5,9-12H2,1-2H3,(H,23,26)/t16-/m0/s1. The lowest BCUT2D eigenvalue weighted by Crippen LogP contribution is -2.51. The second kappa shape index (κ2) is 7.00. The number of halogens is 3. The zero-order chi connectivity index (χ0) is 18.9. The predicted molar refractivity (Wildman–Crippen MR) is 96.5 cm³/mol. The van der Waals surface area contributed by atoms with Gasteiger partial charge in [-0.25, -0.2) is 4.79 Å². The van der Waals surface area contributed by atoms with Crippen molar-refractivity contribution in [1.29, 1.82) is 0 Å². The van der Waals surface area contributed by atoms with Gasteiger partial charge in [0, 0.05) is 31.0 Å². The van der Waals surface area contributed by atoms with E-state index in [4.69, 9.17) is 0 Å². The average Bonchev–Trinajstić information content (AvgIpc) is 2.91. The molecule has 2 fully saturated rings. The number of rotatable bonds is 2. The third kappa shape index (κ3) is 3.76. The molecule has 1 atom stereocenters. The number of urea groups is 1. The maximum atomic E-state index is 13.2. The maximum absolute atomic E-state index is 13.2. The zero-order valence-corrected chi connectivity index (χ0v) is 15.3. The summed E-state index contributed by atoms with van der Waals surface area (Å²) in [6.07, 6.45) is -0.823. The number of hydrogen-bond acceptors (Lipinski definition) is 2. The van der Waals surface area contributed by atoms with Gasteiger partial charge in [0.25, 0.3) is 0 Å². The van der Waals surface area contributed by atoms with E-state index in [1.54, 1.807) is 6.07 Å². The molecule has 2 saturated heterocycles. The van der Waals surface area contributed by atoms with Crippen molar-refractivity contribution >= 4 is 17.4 Å². The normalized spacial score (nSPS) is 23.2. The molecule has 0 unspecified atom stereocenters. The lowest BCUT2D eigenvalue weighted by molar-refractivity contribution is -0.189. The van der Waals surface area contributed by atoms with Crippen LogP contribution >= 0.6 is 0 Å². The Morgan fingerprint density at radius 2 is 1.85 bits per heavy atom. The molecule has 1 N–H and O–H groups in total. The van der Waals surface area contributed by atoms with Crippen LogP contribution in [-0.2, 0) is 0 Å². The van der Waals surface area contributed by atoms with Gasteiger partial charge < -0.3 is 15.1 Å². The molecule has 3 rings (SSSR count). The highest BCUT2D eigenvalue weighted by Crippen LogP contribution is 2.44. The van der Waals surface area contributed by atoms with Gasteiger partial charge in [-0.05, 0) is 57.7 Å². The Balaban J connectivity index is 1.70. The minimum Gasteiger partial charge on any atom is -0.371 e. The van der Waals surface area contributed by atoms with E-state index in [9.17, 15) is 18.0 Å². The molecular formula is C19H26F3N3O. The Morgan fingerprint density at radius 1 is 1.15 bits per heavy atom. The van der Waals surface area contributed by atoms with Crippen LogP contribution in [0.1, 0.15) is 39.5 Å². The van der Waals surface area contributed by atoms with Crippen molar-refractivity contribution in [2.24, 2.45) is 5.92 Å². The predicted octanol–water partition coefficient (Wildman–Crippen LogP) is 4.87. The van der Waals surface area contributed by atoms with E-state index >= 15 is 0 Å². The van der Waals surface area contributed by atoms with Crippen LogP contribution in [0, 0.1) is 5.92 Å². The maximum Gasteiger partial charge on any atom is 0.394 e. The number of anilines is 2. The van der Waals surface area contributed by atoms with Crippen molar-refractivity contribution < 1.29 is 18.0 Å². The van der Waals surface area contributed by atoms with Gasteiger partial charge in [0.05, 0.1) is 11.5 Å². The third-order valence-electron chi connectivity index (χ3n) is 5.65. The number of carbonyl (C=O) groups excluding carboxylic acids is 1. The van der Waals surface area contributed by atoms with Gasteiger partial charge in [-0.1, -0.05) is 6.07 Å². The number of hydrogen-bond donors (Lipinski definition) is 1. The molecule has 1 aromatic carbocycles. The molecule has 0 bridgehead atoms. The van der Waals surface area contributed by atoms with E-state index in [0.29, 0.717) is 5.69 Å². The number of nitrogens with one attached hydrogen (secondary N) is 1. The van der Waals surface area contributed by atoms with Gasteiger partial charge in [0.2, 0.25) is 0 Å². The van der Waals surface area contributed by atoms with Crippen molar-refractivity contribution in [3.8, 4) is 0 Å². The lowest BCUT2D eigenvalue weighted by Gasteiger charge is -2.36. The second-order valence-corrected chi connectivity index (χ2v) is 7.72. The molecule has 0 aromatic heterocycles. The largest absolute Gasteiger partial charge is 0.394 e. The Morgan fingerprint density at radius 3 is 2.46 bits per heavy atom. The highest BCUT2D eigenvalue weighted by atomic mass is 19.4. The first-order chi connectivity index (χ1) is 12.2. The first kappa shape index (κ1) is 18.9. The number of likely N-dealkylation sites (tertiary alicyclic amines) is 1. The smallest absolute Gasteiger partial charge is 0.371 e. The number of benzene rings is 1. The summed E-state index contributed by atoms with van der Waals surface area (Å²) in [5, 5.41) is 2.78. The second-order valence-electron chi connectivity index (χ2n) is 7.72. The van der Waals surface area contributed by atoms with Crippen LogP contribution in [0.2, 0.25) is 0 Å². The van der Waals surface area contributed by atoms with Gasteiger partial charge in [-0.15, -0.1) is 0 Å². The Hall–Kier alpha value is -1.92. The van der Waals surface area contributed by atoms with Crippen molar-refractivity contribution in [2.45, 2.75) is 51.2 Å². The molecule has 2 aliphatic rings. The number of nitrogens with zero attached hydrogens (tertiary/aromatic N) is 2. The Bertz CT molecular complexity index is 654. The number of piperidine rings is 1. The first-order valence-electron chi connectivity index (χ1n) is 9.20. The van der Waals surface area contributed by atoms with Crippen molar-refractivity contribution in [3.63, 3.8) is 0 Å². The highest BCUT2D eigenvalue weighted by molar-refractivity contribution is 5.90.